The zero-order valence-corrected chi connectivity index (χ0v) is 10.9. The summed E-state index contributed by atoms with van der Waals surface area (Å²) < 4.78 is 0. The van der Waals surface area contributed by atoms with E-state index < -0.39 is 0 Å². The lowest BCUT2D eigenvalue weighted by Gasteiger charge is -2.44. The highest BCUT2D eigenvalue weighted by Crippen LogP contribution is 2.24. The molecule has 0 amide bonds. The lowest BCUT2D eigenvalue weighted by atomic mass is 9.90. The van der Waals surface area contributed by atoms with Gasteiger partial charge in [-0.3, -0.25) is 9.80 Å². The third-order valence-electron chi connectivity index (χ3n) is 4.46. The SMILES string of the molecule is CCN1CCN(C2CCC(N)CC2)CC1C. The fraction of sp³-hybridized carbons (Fsp3) is 1.00. The van der Waals surface area contributed by atoms with Gasteiger partial charge in [-0.05, 0) is 39.2 Å². The van der Waals surface area contributed by atoms with Gasteiger partial charge in [-0.2, -0.15) is 0 Å². The van der Waals surface area contributed by atoms with Crippen LogP contribution in [0.5, 0.6) is 0 Å². The maximum Gasteiger partial charge on any atom is 0.0195 e. The van der Waals surface area contributed by atoms with Crippen LogP contribution in [0.25, 0.3) is 0 Å². The molecule has 0 aromatic carbocycles. The summed E-state index contributed by atoms with van der Waals surface area (Å²) in [6, 6.07) is 2.03. The summed E-state index contributed by atoms with van der Waals surface area (Å²) in [6.45, 7) is 9.60. The third kappa shape index (κ3) is 2.76. The number of rotatable bonds is 2. The summed E-state index contributed by atoms with van der Waals surface area (Å²) in [7, 11) is 0. The fourth-order valence-corrected chi connectivity index (χ4v) is 3.29. The van der Waals surface area contributed by atoms with Gasteiger partial charge in [0, 0.05) is 37.8 Å². The highest BCUT2D eigenvalue weighted by Gasteiger charge is 2.29. The van der Waals surface area contributed by atoms with E-state index in [1.54, 1.807) is 0 Å². The van der Waals surface area contributed by atoms with Crippen LogP contribution in [0.15, 0.2) is 0 Å². The second-order valence-corrected chi connectivity index (χ2v) is 5.54. The first-order chi connectivity index (χ1) is 7.70. The lowest BCUT2D eigenvalue weighted by molar-refractivity contribution is 0.0446. The van der Waals surface area contributed by atoms with Gasteiger partial charge in [0.1, 0.15) is 0 Å². The van der Waals surface area contributed by atoms with Crippen LogP contribution >= 0.6 is 0 Å². The molecule has 1 saturated heterocycles. The summed E-state index contributed by atoms with van der Waals surface area (Å²) in [5, 5.41) is 0. The van der Waals surface area contributed by atoms with Gasteiger partial charge in [-0.25, -0.2) is 0 Å². The Kier molecular flexibility index (Phi) is 4.22. The third-order valence-corrected chi connectivity index (χ3v) is 4.46. The Bertz CT molecular complexity index is 211. The molecule has 1 aliphatic heterocycles. The van der Waals surface area contributed by atoms with Crippen LogP contribution in [0.1, 0.15) is 39.5 Å². The van der Waals surface area contributed by atoms with E-state index in [9.17, 15) is 0 Å². The minimum atomic E-state index is 0.477. The number of likely N-dealkylation sites (N-methyl/N-ethyl adjacent to an activating group) is 1. The average molecular weight is 225 g/mol. The summed E-state index contributed by atoms with van der Waals surface area (Å²) in [4.78, 5) is 5.30. The summed E-state index contributed by atoms with van der Waals surface area (Å²) in [5.74, 6) is 0. The number of nitrogens with zero attached hydrogens (tertiary/aromatic N) is 2. The smallest absolute Gasteiger partial charge is 0.0195 e. The number of hydrogen-bond donors (Lipinski definition) is 1. The van der Waals surface area contributed by atoms with Crippen molar-refractivity contribution in [2.75, 3.05) is 26.2 Å². The molecule has 16 heavy (non-hydrogen) atoms. The van der Waals surface area contributed by atoms with Gasteiger partial charge >= 0.3 is 0 Å². The molecular weight excluding hydrogens is 198 g/mol. The zero-order chi connectivity index (χ0) is 11.5. The summed E-state index contributed by atoms with van der Waals surface area (Å²) in [5.41, 5.74) is 5.97. The minimum Gasteiger partial charge on any atom is -0.328 e. The van der Waals surface area contributed by atoms with Crippen molar-refractivity contribution in [2.45, 2.75) is 57.7 Å². The molecule has 2 N–H and O–H groups in total. The maximum absolute atomic E-state index is 5.97. The van der Waals surface area contributed by atoms with E-state index in [0.29, 0.717) is 6.04 Å². The molecule has 0 radical (unpaired) electrons. The lowest BCUT2D eigenvalue weighted by Crippen LogP contribution is -2.55. The molecule has 3 nitrogen and oxygen atoms in total. The molecule has 0 spiro atoms. The molecule has 0 bridgehead atoms. The second kappa shape index (κ2) is 5.48. The highest BCUT2D eigenvalue weighted by molar-refractivity contribution is 4.86. The molecule has 1 heterocycles. The zero-order valence-electron chi connectivity index (χ0n) is 10.9. The van der Waals surface area contributed by atoms with Gasteiger partial charge in [-0.1, -0.05) is 6.92 Å². The van der Waals surface area contributed by atoms with Gasteiger partial charge in [0.05, 0.1) is 0 Å². The molecule has 2 aliphatic rings. The van der Waals surface area contributed by atoms with E-state index in [2.05, 4.69) is 23.6 Å². The van der Waals surface area contributed by atoms with E-state index in [1.165, 1.54) is 51.9 Å². The highest BCUT2D eigenvalue weighted by atomic mass is 15.3. The normalized spacial score (nSPS) is 38.8. The van der Waals surface area contributed by atoms with Crippen molar-refractivity contribution < 1.29 is 0 Å². The van der Waals surface area contributed by atoms with Crippen LogP contribution in [-0.2, 0) is 0 Å². The van der Waals surface area contributed by atoms with Crippen molar-refractivity contribution in [2.24, 2.45) is 5.73 Å². The van der Waals surface area contributed by atoms with Gasteiger partial charge in [0.15, 0.2) is 0 Å². The average Bonchev–Trinajstić information content (AvgIpc) is 2.30. The Morgan fingerprint density at radius 1 is 1.12 bits per heavy atom. The van der Waals surface area contributed by atoms with E-state index in [0.717, 1.165) is 12.1 Å². The standard InChI is InChI=1S/C13H27N3/c1-3-15-8-9-16(10-11(15)2)13-6-4-12(14)5-7-13/h11-13H,3-10,14H2,1-2H3. The van der Waals surface area contributed by atoms with Crippen molar-refractivity contribution in [1.82, 2.24) is 9.80 Å². The van der Waals surface area contributed by atoms with E-state index in [1.807, 2.05) is 0 Å². The molecule has 1 saturated carbocycles. The fourth-order valence-electron chi connectivity index (χ4n) is 3.29. The van der Waals surface area contributed by atoms with Gasteiger partial charge < -0.3 is 5.73 Å². The predicted octanol–water partition coefficient (Wildman–Crippen LogP) is 1.28. The molecular formula is C13H27N3. The molecule has 3 heteroatoms. The molecule has 2 rings (SSSR count). The molecule has 1 unspecified atom stereocenters. The van der Waals surface area contributed by atoms with Crippen LogP contribution in [0.4, 0.5) is 0 Å². The number of piperazine rings is 1. The number of hydrogen-bond acceptors (Lipinski definition) is 3. The van der Waals surface area contributed by atoms with Crippen molar-refractivity contribution in [3.63, 3.8) is 0 Å². The molecule has 1 aliphatic carbocycles. The van der Waals surface area contributed by atoms with Gasteiger partial charge in [0.2, 0.25) is 0 Å². The molecule has 94 valence electrons. The monoisotopic (exact) mass is 225 g/mol. The van der Waals surface area contributed by atoms with E-state index in [-0.39, 0.29) is 0 Å². The van der Waals surface area contributed by atoms with Crippen LogP contribution in [0.2, 0.25) is 0 Å². The van der Waals surface area contributed by atoms with Crippen molar-refractivity contribution in [1.29, 1.82) is 0 Å². The predicted molar refractivity (Wildman–Crippen MR) is 68.5 cm³/mol. The first kappa shape index (κ1) is 12.3. The Morgan fingerprint density at radius 2 is 1.81 bits per heavy atom. The van der Waals surface area contributed by atoms with Gasteiger partial charge in [-0.15, -0.1) is 0 Å². The molecule has 0 aromatic heterocycles. The second-order valence-electron chi connectivity index (χ2n) is 5.54. The van der Waals surface area contributed by atoms with E-state index in [4.69, 9.17) is 5.73 Å². The first-order valence-corrected chi connectivity index (χ1v) is 6.94. The molecule has 0 aromatic rings. The van der Waals surface area contributed by atoms with Crippen LogP contribution in [0.3, 0.4) is 0 Å². The maximum atomic E-state index is 5.97. The topological polar surface area (TPSA) is 32.5 Å². The molecule has 2 fully saturated rings. The Balaban J connectivity index is 1.83. The van der Waals surface area contributed by atoms with Crippen molar-refractivity contribution in [3.05, 3.63) is 0 Å². The quantitative estimate of drug-likeness (QED) is 0.768. The van der Waals surface area contributed by atoms with Crippen molar-refractivity contribution >= 4 is 0 Å². The Labute approximate surface area is 100.0 Å². The van der Waals surface area contributed by atoms with Crippen LogP contribution in [-0.4, -0.2) is 54.1 Å². The number of nitrogens with two attached hydrogens (primary N) is 1. The Hall–Kier alpha value is -0.120. The van der Waals surface area contributed by atoms with Crippen LogP contribution < -0.4 is 5.73 Å². The minimum absolute atomic E-state index is 0.477. The summed E-state index contributed by atoms with van der Waals surface area (Å²) in [6.07, 6.45) is 5.10. The summed E-state index contributed by atoms with van der Waals surface area (Å²) >= 11 is 0. The largest absolute Gasteiger partial charge is 0.328 e. The van der Waals surface area contributed by atoms with Gasteiger partial charge in [0.25, 0.3) is 0 Å². The first-order valence-electron chi connectivity index (χ1n) is 6.94. The Morgan fingerprint density at radius 3 is 2.38 bits per heavy atom. The van der Waals surface area contributed by atoms with Crippen molar-refractivity contribution in [3.8, 4) is 0 Å². The van der Waals surface area contributed by atoms with E-state index >= 15 is 0 Å². The van der Waals surface area contributed by atoms with Crippen LogP contribution in [0, 0.1) is 0 Å². The molecule has 1 atom stereocenters.